The molecule has 0 bridgehead atoms. The zero-order chi connectivity index (χ0) is 17.9. The van der Waals surface area contributed by atoms with Crippen molar-refractivity contribution in [3.8, 4) is 5.75 Å². The molecule has 0 atom stereocenters. The fourth-order valence-corrected chi connectivity index (χ4v) is 2.54. The highest BCUT2D eigenvalue weighted by Crippen LogP contribution is 2.31. The minimum atomic E-state index is -4.47. The molecule has 5 nitrogen and oxygen atoms in total. The van der Waals surface area contributed by atoms with E-state index in [0.29, 0.717) is 30.9 Å². The second kappa shape index (κ2) is 7.00. The third-order valence-corrected chi connectivity index (χ3v) is 3.71. The molecule has 1 N–H and O–H groups in total. The monoisotopic (exact) mass is 351 g/mol. The van der Waals surface area contributed by atoms with Crippen LogP contribution in [0.2, 0.25) is 0 Å². The molecule has 1 amide bonds. The van der Waals surface area contributed by atoms with E-state index < -0.39 is 11.9 Å². The van der Waals surface area contributed by atoms with Crippen molar-refractivity contribution in [2.45, 2.75) is 12.6 Å². The summed E-state index contributed by atoms with van der Waals surface area (Å²) >= 11 is 0. The van der Waals surface area contributed by atoms with Crippen LogP contribution in [0.25, 0.3) is 0 Å². The van der Waals surface area contributed by atoms with Crippen molar-refractivity contribution in [2.24, 2.45) is 0 Å². The van der Waals surface area contributed by atoms with Crippen molar-refractivity contribution in [3.63, 3.8) is 0 Å². The van der Waals surface area contributed by atoms with Crippen molar-refractivity contribution < 1.29 is 22.7 Å². The normalized spacial score (nSPS) is 14.0. The van der Waals surface area contributed by atoms with Gasteiger partial charge in [0.15, 0.2) is 6.61 Å². The van der Waals surface area contributed by atoms with Gasteiger partial charge >= 0.3 is 6.18 Å². The number of nitrogens with zero attached hydrogens (tertiary/aromatic N) is 2. The Morgan fingerprint density at radius 3 is 2.76 bits per heavy atom. The number of fused-ring (bicyclic) bond motifs is 1. The topological polar surface area (TPSA) is 54.5 Å². The Hall–Kier alpha value is -2.77. The van der Waals surface area contributed by atoms with Crippen LogP contribution < -0.4 is 15.0 Å². The molecular formula is C17H16F3N3O2. The van der Waals surface area contributed by atoms with Crippen molar-refractivity contribution in [1.82, 2.24) is 4.98 Å². The van der Waals surface area contributed by atoms with Gasteiger partial charge in [-0.2, -0.15) is 13.2 Å². The van der Waals surface area contributed by atoms with Gasteiger partial charge in [0.2, 0.25) is 0 Å². The summed E-state index contributed by atoms with van der Waals surface area (Å²) in [5.74, 6) is 0.661. The van der Waals surface area contributed by atoms with Crippen molar-refractivity contribution in [3.05, 3.63) is 48.2 Å². The van der Waals surface area contributed by atoms with Gasteiger partial charge in [-0.1, -0.05) is 18.2 Å². The smallest absolute Gasteiger partial charge is 0.433 e. The fourth-order valence-electron chi connectivity index (χ4n) is 2.54. The van der Waals surface area contributed by atoms with Crippen LogP contribution in [0.1, 0.15) is 12.1 Å². The molecule has 1 aliphatic rings. The first-order valence-corrected chi connectivity index (χ1v) is 7.75. The molecule has 0 radical (unpaired) electrons. The van der Waals surface area contributed by atoms with Gasteiger partial charge < -0.3 is 15.0 Å². The second-order valence-corrected chi connectivity index (χ2v) is 5.49. The zero-order valence-electron chi connectivity index (χ0n) is 13.2. The number of para-hydroxylation sites is 2. The van der Waals surface area contributed by atoms with E-state index in [1.807, 2.05) is 12.1 Å². The maximum atomic E-state index is 12.6. The van der Waals surface area contributed by atoms with Gasteiger partial charge in [0, 0.05) is 13.1 Å². The van der Waals surface area contributed by atoms with Gasteiger partial charge in [-0.25, -0.2) is 4.98 Å². The number of carbonyl (C=O) groups is 1. The van der Waals surface area contributed by atoms with Crippen LogP contribution in [0.4, 0.5) is 24.7 Å². The number of halogens is 3. The quantitative estimate of drug-likeness (QED) is 0.840. The summed E-state index contributed by atoms with van der Waals surface area (Å²) in [7, 11) is 0. The molecule has 2 heterocycles. The average molecular weight is 351 g/mol. The number of alkyl halides is 3. The minimum absolute atomic E-state index is 0.0143. The predicted octanol–water partition coefficient (Wildman–Crippen LogP) is 3.33. The number of rotatable bonds is 5. The van der Waals surface area contributed by atoms with Gasteiger partial charge in [-0.05, 0) is 30.7 Å². The van der Waals surface area contributed by atoms with Crippen molar-refractivity contribution in [1.29, 1.82) is 0 Å². The molecule has 0 spiro atoms. The molecule has 3 rings (SSSR count). The van der Waals surface area contributed by atoms with Gasteiger partial charge in [0.05, 0.1) is 5.69 Å². The number of carbonyl (C=O) groups excluding carboxylic acids is 1. The Balaban J connectivity index is 1.56. The lowest BCUT2D eigenvalue weighted by molar-refractivity contribution is -0.141. The second-order valence-electron chi connectivity index (χ2n) is 5.49. The SMILES string of the molecule is O=C1COc2ccccc2N1CCCNc1cccc(C(F)(F)F)n1. The van der Waals surface area contributed by atoms with E-state index in [1.54, 1.807) is 17.0 Å². The first kappa shape index (κ1) is 17.1. The van der Waals surface area contributed by atoms with Gasteiger partial charge in [0.25, 0.3) is 5.91 Å². The maximum absolute atomic E-state index is 12.6. The van der Waals surface area contributed by atoms with Crippen LogP contribution in [0, 0.1) is 0 Å². The lowest BCUT2D eigenvalue weighted by Gasteiger charge is -2.29. The molecule has 0 saturated heterocycles. The first-order valence-electron chi connectivity index (χ1n) is 7.75. The van der Waals surface area contributed by atoms with E-state index in [9.17, 15) is 18.0 Å². The summed E-state index contributed by atoms with van der Waals surface area (Å²) in [4.78, 5) is 17.2. The minimum Gasteiger partial charge on any atom is -0.482 e. The molecule has 0 saturated carbocycles. The molecule has 2 aromatic rings. The molecule has 8 heteroatoms. The van der Waals surface area contributed by atoms with Crippen molar-refractivity contribution in [2.75, 3.05) is 29.9 Å². The number of amides is 1. The van der Waals surface area contributed by atoms with E-state index in [2.05, 4.69) is 10.3 Å². The van der Waals surface area contributed by atoms with Gasteiger partial charge in [-0.15, -0.1) is 0 Å². The van der Waals surface area contributed by atoms with Crippen LogP contribution in [-0.4, -0.2) is 30.6 Å². The Labute approximate surface area is 142 Å². The zero-order valence-corrected chi connectivity index (χ0v) is 13.2. The Kier molecular flexibility index (Phi) is 4.78. The summed E-state index contributed by atoms with van der Waals surface area (Å²) in [5.41, 5.74) is -0.231. The predicted molar refractivity (Wildman–Crippen MR) is 86.6 cm³/mol. The van der Waals surface area contributed by atoms with E-state index in [0.717, 1.165) is 6.07 Å². The molecule has 132 valence electrons. The Morgan fingerprint density at radius 2 is 1.96 bits per heavy atom. The van der Waals surface area contributed by atoms with Crippen molar-refractivity contribution >= 4 is 17.4 Å². The lowest BCUT2D eigenvalue weighted by Crippen LogP contribution is -2.39. The van der Waals surface area contributed by atoms with Gasteiger partial charge in [0.1, 0.15) is 17.3 Å². The summed E-state index contributed by atoms with van der Waals surface area (Å²) in [6.07, 6.45) is -3.92. The molecule has 0 aliphatic carbocycles. The number of benzene rings is 1. The van der Waals surface area contributed by atoms with E-state index in [1.165, 1.54) is 12.1 Å². The Bertz CT molecular complexity index is 765. The van der Waals surface area contributed by atoms with E-state index in [-0.39, 0.29) is 18.3 Å². The van der Waals surface area contributed by atoms with Crippen LogP contribution in [0.15, 0.2) is 42.5 Å². The van der Waals surface area contributed by atoms with E-state index >= 15 is 0 Å². The molecule has 1 aliphatic heterocycles. The van der Waals surface area contributed by atoms with Crippen LogP contribution in [0.5, 0.6) is 5.75 Å². The number of aromatic nitrogens is 1. The number of anilines is 2. The first-order chi connectivity index (χ1) is 11.9. The maximum Gasteiger partial charge on any atom is 0.433 e. The highest BCUT2D eigenvalue weighted by atomic mass is 19.4. The molecule has 1 aromatic carbocycles. The summed E-state index contributed by atoms with van der Waals surface area (Å²) in [6.45, 7) is 0.811. The largest absolute Gasteiger partial charge is 0.482 e. The summed E-state index contributed by atoms with van der Waals surface area (Å²) < 4.78 is 43.3. The molecule has 0 fully saturated rings. The molecule has 25 heavy (non-hydrogen) atoms. The van der Waals surface area contributed by atoms with Crippen LogP contribution in [0.3, 0.4) is 0 Å². The lowest BCUT2D eigenvalue weighted by atomic mass is 10.2. The average Bonchev–Trinajstić information content (AvgIpc) is 2.60. The van der Waals surface area contributed by atoms with E-state index in [4.69, 9.17) is 4.74 Å². The Morgan fingerprint density at radius 1 is 1.16 bits per heavy atom. The molecular weight excluding hydrogens is 335 g/mol. The number of hydrogen-bond acceptors (Lipinski definition) is 4. The third-order valence-electron chi connectivity index (χ3n) is 3.71. The number of nitrogens with one attached hydrogen (secondary N) is 1. The standard InChI is InChI=1S/C17H16F3N3O2/c18-17(19,20)14-7-3-8-15(22-14)21-9-4-10-23-12-5-1-2-6-13(12)25-11-16(23)24/h1-3,5-8H,4,9-11H2,(H,21,22). The fraction of sp³-hybridized carbons (Fsp3) is 0.294. The highest BCUT2D eigenvalue weighted by Gasteiger charge is 2.32. The van der Waals surface area contributed by atoms with Crippen LogP contribution >= 0.6 is 0 Å². The van der Waals surface area contributed by atoms with Crippen LogP contribution in [-0.2, 0) is 11.0 Å². The summed E-state index contributed by atoms with van der Waals surface area (Å²) in [5, 5.41) is 2.86. The van der Waals surface area contributed by atoms with Gasteiger partial charge in [-0.3, -0.25) is 4.79 Å². The summed E-state index contributed by atoms with van der Waals surface area (Å²) in [6, 6.07) is 10.9. The number of ether oxygens (including phenoxy) is 1. The molecule has 0 unspecified atom stereocenters. The number of hydrogen-bond donors (Lipinski definition) is 1. The highest BCUT2D eigenvalue weighted by molar-refractivity contribution is 5.97. The third kappa shape index (κ3) is 4.01. The number of pyridine rings is 1. The molecule has 1 aromatic heterocycles.